The van der Waals surface area contributed by atoms with Crippen molar-refractivity contribution in [3.05, 3.63) is 35.9 Å². The predicted molar refractivity (Wildman–Crippen MR) is 95.4 cm³/mol. The number of nitrogens with one attached hydrogen (secondary N) is 1. The van der Waals surface area contributed by atoms with Crippen molar-refractivity contribution in [1.29, 1.82) is 0 Å². The Morgan fingerprint density at radius 1 is 1.14 bits per heavy atom. The summed E-state index contributed by atoms with van der Waals surface area (Å²) in [6.07, 6.45) is -4.67. The fourth-order valence-corrected chi connectivity index (χ4v) is 3.19. The van der Waals surface area contributed by atoms with Crippen molar-refractivity contribution >= 4 is 12.1 Å². The van der Waals surface area contributed by atoms with Gasteiger partial charge in [0.1, 0.15) is 6.61 Å². The molecule has 9 heteroatoms. The van der Waals surface area contributed by atoms with Crippen LogP contribution in [0.4, 0.5) is 18.0 Å². The molecule has 0 radical (unpaired) electrons. The van der Waals surface area contributed by atoms with E-state index in [1.807, 2.05) is 18.2 Å². The molecule has 1 amide bonds. The van der Waals surface area contributed by atoms with Crippen LogP contribution in [-0.4, -0.2) is 55.4 Å². The van der Waals surface area contributed by atoms with Gasteiger partial charge in [0.05, 0.1) is 19.1 Å². The SMILES string of the molecule is CCOC(=O)[C@@H]1CCN(CC(F)(F)F)CC[C@@H]1NC(=O)OCc1ccccc1. The third-order valence-electron chi connectivity index (χ3n) is 4.51. The highest BCUT2D eigenvalue weighted by Gasteiger charge is 2.37. The highest BCUT2D eigenvalue weighted by Crippen LogP contribution is 2.24. The largest absolute Gasteiger partial charge is 0.466 e. The zero-order chi connectivity index (χ0) is 20.6. The van der Waals surface area contributed by atoms with Gasteiger partial charge in [0.25, 0.3) is 0 Å². The van der Waals surface area contributed by atoms with E-state index < -0.39 is 36.7 Å². The first kappa shape index (κ1) is 22.0. The molecule has 0 saturated carbocycles. The molecule has 1 fully saturated rings. The van der Waals surface area contributed by atoms with E-state index in [-0.39, 0.29) is 39.1 Å². The Balaban J connectivity index is 1.98. The number of carbonyl (C=O) groups excluding carboxylic acids is 2. The fourth-order valence-electron chi connectivity index (χ4n) is 3.19. The number of hydrogen-bond acceptors (Lipinski definition) is 5. The van der Waals surface area contributed by atoms with Crippen LogP contribution in [0, 0.1) is 5.92 Å². The third-order valence-corrected chi connectivity index (χ3v) is 4.51. The number of esters is 1. The molecular weight excluding hydrogens is 377 g/mol. The Bertz CT molecular complexity index is 640. The zero-order valence-electron chi connectivity index (χ0n) is 15.7. The van der Waals surface area contributed by atoms with E-state index in [4.69, 9.17) is 9.47 Å². The second-order valence-electron chi connectivity index (χ2n) is 6.64. The number of nitrogens with zero attached hydrogens (tertiary/aromatic N) is 1. The van der Waals surface area contributed by atoms with Gasteiger partial charge in [-0.15, -0.1) is 0 Å². The molecule has 2 rings (SSSR count). The van der Waals surface area contributed by atoms with Crippen LogP contribution in [0.2, 0.25) is 0 Å². The van der Waals surface area contributed by atoms with E-state index in [0.29, 0.717) is 0 Å². The van der Waals surface area contributed by atoms with Crippen molar-refractivity contribution in [2.24, 2.45) is 5.92 Å². The summed E-state index contributed by atoms with van der Waals surface area (Å²) in [4.78, 5) is 25.7. The molecule has 1 saturated heterocycles. The van der Waals surface area contributed by atoms with Crippen LogP contribution >= 0.6 is 0 Å². The first-order valence-electron chi connectivity index (χ1n) is 9.21. The number of amides is 1. The first-order valence-corrected chi connectivity index (χ1v) is 9.21. The summed E-state index contributed by atoms with van der Waals surface area (Å²) in [7, 11) is 0. The normalized spacial score (nSPS) is 20.9. The summed E-state index contributed by atoms with van der Waals surface area (Å²) in [5, 5.41) is 2.63. The lowest BCUT2D eigenvalue weighted by Gasteiger charge is -2.23. The van der Waals surface area contributed by atoms with E-state index in [2.05, 4.69) is 5.32 Å². The van der Waals surface area contributed by atoms with Crippen molar-refractivity contribution in [1.82, 2.24) is 10.2 Å². The minimum atomic E-state index is -4.32. The lowest BCUT2D eigenvalue weighted by molar-refractivity contribution is -0.149. The number of likely N-dealkylation sites (tertiary alicyclic amines) is 1. The van der Waals surface area contributed by atoms with Crippen LogP contribution in [0.5, 0.6) is 0 Å². The second-order valence-corrected chi connectivity index (χ2v) is 6.64. The van der Waals surface area contributed by atoms with Gasteiger partial charge in [0, 0.05) is 12.6 Å². The highest BCUT2D eigenvalue weighted by atomic mass is 19.4. The van der Waals surface area contributed by atoms with Crippen LogP contribution < -0.4 is 5.32 Å². The van der Waals surface area contributed by atoms with Crippen molar-refractivity contribution in [3.8, 4) is 0 Å². The average Bonchev–Trinajstić information content (AvgIpc) is 2.82. The molecule has 6 nitrogen and oxygen atoms in total. The van der Waals surface area contributed by atoms with Gasteiger partial charge in [-0.1, -0.05) is 30.3 Å². The van der Waals surface area contributed by atoms with Gasteiger partial charge >= 0.3 is 18.2 Å². The van der Waals surface area contributed by atoms with E-state index in [0.717, 1.165) is 5.56 Å². The molecule has 0 spiro atoms. The number of hydrogen-bond donors (Lipinski definition) is 1. The van der Waals surface area contributed by atoms with Crippen molar-refractivity contribution in [3.63, 3.8) is 0 Å². The summed E-state index contributed by atoms with van der Waals surface area (Å²) in [5.74, 6) is -1.24. The van der Waals surface area contributed by atoms with Crippen LogP contribution in [-0.2, 0) is 20.9 Å². The minimum absolute atomic E-state index is 0.0592. The van der Waals surface area contributed by atoms with Gasteiger partial charge in [-0.05, 0) is 31.9 Å². The van der Waals surface area contributed by atoms with Crippen LogP contribution in [0.25, 0.3) is 0 Å². The average molecular weight is 402 g/mol. The summed E-state index contributed by atoms with van der Waals surface area (Å²) >= 11 is 0. The zero-order valence-corrected chi connectivity index (χ0v) is 15.7. The highest BCUT2D eigenvalue weighted by molar-refractivity contribution is 5.75. The predicted octanol–water partition coefficient (Wildman–Crippen LogP) is 3.12. The number of ether oxygens (including phenoxy) is 2. The summed E-state index contributed by atoms with van der Waals surface area (Å²) in [6.45, 7) is 1.03. The van der Waals surface area contributed by atoms with E-state index in [1.165, 1.54) is 4.90 Å². The smallest absolute Gasteiger partial charge is 0.407 e. The molecule has 1 aromatic carbocycles. The number of rotatable bonds is 6. The van der Waals surface area contributed by atoms with Gasteiger partial charge in [-0.3, -0.25) is 9.69 Å². The quantitative estimate of drug-likeness (QED) is 0.741. The fraction of sp³-hybridized carbons (Fsp3) is 0.579. The molecule has 1 heterocycles. The topological polar surface area (TPSA) is 67.9 Å². The maximum absolute atomic E-state index is 12.7. The number of carbonyl (C=O) groups is 2. The second kappa shape index (κ2) is 10.3. The van der Waals surface area contributed by atoms with Crippen molar-refractivity contribution < 1.29 is 32.2 Å². The molecule has 0 unspecified atom stereocenters. The lowest BCUT2D eigenvalue weighted by atomic mass is 9.95. The Labute approximate surface area is 162 Å². The Morgan fingerprint density at radius 2 is 1.82 bits per heavy atom. The molecule has 2 atom stereocenters. The number of alkyl carbamates (subject to hydrolysis) is 1. The van der Waals surface area contributed by atoms with Gasteiger partial charge in [-0.25, -0.2) is 4.79 Å². The van der Waals surface area contributed by atoms with Gasteiger partial charge in [-0.2, -0.15) is 13.2 Å². The van der Waals surface area contributed by atoms with Crippen molar-refractivity contribution in [2.75, 3.05) is 26.2 Å². The first-order chi connectivity index (χ1) is 13.3. The molecule has 0 aromatic heterocycles. The molecule has 1 aliphatic heterocycles. The van der Waals surface area contributed by atoms with Crippen LogP contribution in [0.15, 0.2) is 30.3 Å². The Hall–Kier alpha value is -2.29. The molecule has 1 N–H and O–H groups in total. The number of benzene rings is 1. The maximum atomic E-state index is 12.7. The van der Waals surface area contributed by atoms with Crippen LogP contribution in [0.1, 0.15) is 25.3 Å². The maximum Gasteiger partial charge on any atom is 0.407 e. The Kier molecular flexibility index (Phi) is 8.10. The third kappa shape index (κ3) is 7.38. The summed E-state index contributed by atoms with van der Waals surface area (Å²) in [5.41, 5.74) is 0.803. The molecule has 156 valence electrons. The summed E-state index contributed by atoms with van der Waals surface area (Å²) < 4.78 is 48.3. The minimum Gasteiger partial charge on any atom is -0.466 e. The number of alkyl halides is 3. The molecule has 1 aromatic rings. The number of halogens is 3. The van der Waals surface area contributed by atoms with Gasteiger partial charge < -0.3 is 14.8 Å². The van der Waals surface area contributed by atoms with Gasteiger partial charge in [0.2, 0.25) is 0 Å². The monoisotopic (exact) mass is 402 g/mol. The standard InChI is InChI=1S/C19H25F3N2O4/c1-2-27-17(25)15-8-10-24(13-19(20,21)22)11-9-16(15)23-18(26)28-12-14-6-4-3-5-7-14/h3-7,15-16H,2,8-13H2,1H3,(H,23,26)/t15-,16+/m1/s1. The van der Waals surface area contributed by atoms with Crippen molar-refractivity contribution in [2.45, 2.75) is 38.6 Å². The van der Waals surface area contributed by atoms with Gasteiger partial charge in [0.15, 0.2) is 0 Å². The molecule has 1 aliphatic rings. The molecule has 0 bridgehead atoms. The van der Waals surface area contributed by atoms with E-state index >= 15 is 0 Å². The summed E-state index contributed by atoms with van der Waals surface area (Å²) in [6, 6.07) is 8.42. The lowest BCUT2D eigenvalue weighted by Crippen LogP contribution is -2.44. The van der Waals surface area contributed by atoms with E-state index in [1.54, 1.807) is 19.1 Å². The molecule has 0 aliphatic carbocycles. The molecule has 28 heavy (non-hydrogen) atoms. The Morgan fingerprint density at radius 3 is 2.46 bits per heavy atom. The van der Waals surface area contributed by atoms with Crippen LogP contribution in [0.3, 0.4) is 0 Å². The van der Waals surface area contributed by atoms with E-state index in [9.17, 15) is 22.8 Å². The molecular formula is C19H25F3N2O4.